The zero-order chi connectivity index (χ0) is 12.4. The zero-order valence-electron chi connectivity index (χ0n) is 10.1. The van der Waals surface area contributed by atoms with Crippen LogP contribution in [0.4, 0.5) is 11.5 Å². The summed E-state index contributed by atoms with van der Waals surface area (Å²) >= 11 is 0. The maximum Gasteiger partial charge on any atom is 0.126 e. The number of aromatic nitrogens is 2. The standard InChI is InChI=1S/C13H16N4O/c14-13-11(9-15-16-13)10-3-1-2-4-12(10)17-5-7-18-8-6-17/h1-4,9H,5-8H2,(H3,14,15,16). The van der Waals surface area contributed by atoms with Gasteiger partial charge >= 0.3 is 0 Å². The van der Waals surface area contributed by atoms with Crippen molar-refractivity contribution in [1.82, 2.24) is 10.2 Å². The fraction of sp³-hybridized carbons (Fsp3) is 0.308. The van der Waals surface area contributed by atoms with Crippen molar-refractivity contribution in [2.24, 2.45) is 0 Å². The number of ether oxygens (including phenoxy) is 1. The third kappa shape index (κ3) is 1.93. The zero-order valence-corrected chi connectivity index (χ0v) is 10.1. The second-order valence-electron chi connectivity index (χ2n) is 4.31. The van der Waals surface area contributed by atoms with E-state index in [2.05, 4.69) is 27.2 Å². The molecule has 2 heterocycles. The van der Waals surface area contributed by atoms with E-state index in [9.17, 15) is 0 Å². The number of nitrogen functional groups attached to an aromatic ring is 1. The number of morpholine rings is 1. The number of nitrogens with zero attached hydrogens (tertiary/aromatic N) is 2. The summed E-state index contributed by atoms with van der Waals surface area (Å²) in [6.45, 7) is 3.37. The molecule has 1 aliphatic rings. The van der Waals surface area contributed by atoms with Gasteiger partial charge in [0.15, 0.2) is 0 Å². The van der Waals surface area contributed by atoms with Crippen molar-refractivity contribution in [3.05, 3.63) is 30.5 Å². The molecule has 0 radical (unpaired) electrons. The predicted molar refractivity (Wildman–Crippen MR) is 71.5 cm³/mol. The topological polar surface area (TPSA) is 67.2 Å². The smallest absolute Gasteiger partial charge is 0.126 e. The Labute approximate surface area is 106 Å². The predicted octanol–water partition coefficient (Wildman–Crippen LogP) is 1.50. The Bertz CT molecular complexity index is 531. The summed E-state index contributed by atoms with van der Waals surface area (Å²) in [5, 5.41) is 6.77. The molecule has 94 valence electrons. The highest BCUT2D eigenvalue weighted by Gasteiger charge is 2.16. The van der Waals surface area contributed by atoms with Gasteiger partial charge in [0.2, 0.25) is 0 Å². The number of benzene rings is 1. The van der Waals surface area contributed by atoms with Crippen LogP contribution in [0.3, 0.4) is 0 Å². The minimum Gasteiger partial charge on any atom is -0.384 e. The van der Waals surface area contributed by atoms with Crippen molar-refractivity contribution in [1.29, 1.82) is 0 Å². The van der Waals surface area contributed by atoms with Gasteiger partial charge in [0.1, 0.15) is 5.82 Å². The summed E-state index contributed by atoms with van der Waals surface area (Å²) in [5.74, 6) is 0.607. The number of nitrogens with two attached hydrogens (primary N) is 1. The van der Waals surface area contributed by atoms with E-state index < -0.39 is 0 Å². The summed E-state index contributed by atoms with van der Waals surface area (Å²) in [6, 6.07) is 8.26. The minimum atomic E-state index is 0.607. The lowest BCUT2D eigenvalue weighted by Gasteiger charge is -2.30. The normalized spacial score (nSPS) is 15.9. The third-order valence-electron chi connectivity index (χ3n) is 3.21. The number of aromatic amines is 1. The monoisotopic (exact) mass is 244 g/mol. The summed E-state index contributed by atoms with van der Waals surface area (Å²) < 4.78 is 5.39. The number of anilines is 2. The number of nitrogens with one attached hydrogen (secondary N) is 1. The fourth-order valence-corrected chi connectivity index (χ4v) is 2.29. The van der Waals surface area contributed by atoms with Gasteiger partial charge in [0, 0.05) is 29.9 Å². The Balaban J connectivity index is 2.02. The van der Waals surface area contributed by atoms with Gasteiger partial charge in [0.05, 0.1) is 19.4 Å². The van der Waals surface area contributed by atoms with Crippen LogP contribution in [0.5, 0.6) is 0 Å². The lowest BCUT2D eigenvalue weighted by atomic mass is 10.1. The first-order valence-corrected chi connectivity index (χ1v) is 6.07. The van der Waals surface area contributed by atoms with Crippen LogP contribution in [-0.4, -0.2) is 36.5 Å². The van der Waals surface area contributed by atoms with Crippen molar-refractivity contribution >= 4 is 11.5 Å². The molecule has 2 aromatic rings. The molecule has 0 saturated carbocycles. The molecular weight excluding hydrogens is 228 g/mol. The van der Waals surface area contributed by atoms with Crippen LogP contribution in [0.1, 0.15) is 0 Å². The molecule has 0 bridgehead atoms. The van der Waals surface area contributed by atoms with E-state index in [1.54, 1.807) is 6.20 Å². The fourth-order valence-electron chi connectivity index (χ4n) is 2.29. The van der Waals surface area contributed by atoms with Crippen LogP contribution in [0, 0.1) is 0 Å². The quantitative estimate of drug-likeness (QED) is 0.840. The summed E-state index contributed by atoms with van der Waals surface area (Å²) in [4.78, 5) is 2.32. The summed E-state index contributed by atoms with van der Waals surface area (Å²) in [6.07, 6.45) is 1.77. The molecule has 0 spiro atoms. The second-order valence-corrected chi connectivity index (χ2v) is 4.31. The van der Waals surface area contributed by atoms with E-state index in [4.69, 9.17) is 10.5 Å². The van der Waals surface area contributed by atoms with Gasteiger partial charge in [-0.15, -0.1) is 0 Å². The Hall–Kier alpha value is -2.01. The van der Waals surface area contributed by atoms with Crippen LogP contribution in [-0.2, 0) is 4.74 Å². The van der Waals surface area contributed by atoms with E-state index >= 15 is 0 Å². The molecule has 1 aromatic heterocycles. The molecule has 0 atom stereocenters. The average Bonchev–Trinajstić information content (AvgIpc) is 2.86. The molecule has 3 N–H and O–H groups in total. The molecule has 1 aliphatic heterocycles. The molecule has 18 heavy (non-hydrogen) atoms. The van der Waals surface area contributed by atoms with Crippen LogP contribution < -0.4 is 10.6 Å². The molecule has 5 heteroatoms. The van der Waals surface area contributed by atoms with Crippen LogP contribution in [0.25, 0.3) is 11.1 Å². The Morgan fingerprint density at radius 3 is 2.67 bits per heavy atom. The van der Waals surface area contributed by atoms with Crippen molar-refractivity contribution in [2.75, 3.05) is 36.9 Å². The Morgan fingerprint density at radius 2 is 1.94 bits per heavy atom. The molecule has 5 nitrogen and oxygen atoms in total. The molecule has 1 aromatic carbocycles. The van der Waals surface area contributed by atoms with Crippen LogP contribution in [0.2, 0.25) is 0 Å². The highest BCUT2D eigenvalue weighted by molar-refractivity contribution is 5.83. The SMILES string of the molecule is Nc1[nH]ncc1-c1ccccc1N1CCOCC1. The van der Waals surface area contributed by atoms with Crippen LogP contribution in [0.15, 0.2) is 30.5 Å². The molecule has 1 saturated heterocycles. The molecule has 1 fully saturated rings. The van der Waals surface area contributed by atoms with E-state index in [1.807, 2.05) is 12.1 Å². The average molecular weight is 244 g/mol. The number of hydrogen-bond acceptors (Lipinski definition) is 4. The maximum atomic E-state index is 5.91. The Kier molecular flexibility index (Phi) is 2.90. The highest BCUT2D eigenvalue weighted by atomic mass is 16.5. The van der Waals surface area contributed by atoms with Gasteiger partial charge in [-0.1, -0.05) is 18.2 Å². The van der Waals surface area contributed by atoms with Gasteiger partial charge in [-0.2, -0.15) is 5.10 Å². The van der Waals surface area contributed by atoms with Crippen molar-refractivity contribution in [3.8, 4) is 11.1 Å². The first kappa shape index (κ1) is 11.1. The van der Waals surface area contributed by atoms with E-state index in [0.29, 0.717) is 5.82 Å². The first-order valence-electron chi connectivity index (χ1n) is 6.07. The summed E-state index contributed by atoms with van der Waals surface area (Å²) in [7, 11) is 0. The molecular formula is C13H16N4O. The molecule has 0 aliphatic carbocycles. The Morgan fingerprint density at radius 1 is 1.17 bits per heavy atom. The van der Waals surface area contributed by atoms with E-state index in [0.717, 1.165) is 37.4 Å². The number of rotatable bonds is 2. The van der Waals surface area contributed by atoms with Crippen molar-refractivity contribution in [2.45, 2.75) is 0 Å². The van der Waals surface area contributed by atoms with Gasteiger partial charge < -0.3 is 15.4 Å². The summed E-state index contributed by atoms with van der Waals surface area (Å²) in [5.41, 5.74) is 9.17. The van der Waals surface area contributed by atoms with Gasteiger partial charge in [-0.3, -0.25) is 5.10 Å². The maximum absolute atomic E-state index is 5.91. The first-order chi connectivity index (χ1) is 8.86. The number of H-pyrrole nitrogens is 1. The lowest BCUT2D eigenvalue weighted by molar-refractivity contribution is 0.123. The van der Waals surface area contributed by atoms with Crippen molar-refractivity contribution in [3.63, 3.8) is 0 Å². The second kappa shape index (κ2) is 4.70. The number of para-hydroxylation sites is 1. The largest absolute Gasteiger partial charge is 0.384 e. The molecule has 0 unspecified atom stereocenters. The molecule has 3 rings (SSSR count). The van der Waals surface area contributed by atoms with E-state index in [1.165, 1.54) is 5.69 Å². The third-order valence-corrected chi connectivity index (χ3v) is 3.21. The molecule has 0 amide bonds. The van der Waals surface area contributed by atoms with Gasteiger partial charge in [-0.25, -0.2) is 0 Å². The van der Waals surface area contributed by atoms with Gasteiger partial charge in [-0.05, 0) is 6.07 Å². The van der Waals surface area contributed by atoms with Crippen molar-refractivity contribution < 1.29 is 4.74 Å². The van der Waals surface area contributed by atoms with Crippen LogP contribution >= 0.6 is 0 Å². The lowest BCUT2D eigenvalue weighted by Crippen LogP contribution is -2.36. The van der Waals surface area contributed by atoms with E-state index in [-0.39, 0.29) is 0 Å². The number of hydrogen-bond donors (Lipinski definition) is 2. The minimum absolute atomic E-state index is 0.607. The highest BCUT2D eigenvalue weighted by Crippen LogP contribution is 2.33. The van der Waals surface area contributed by atoms with Gasteiger partial charge in [0.25, 0.3) is 0 Å².